The fourth-order valence-electron chi connectivity index (χ4n) is 2.42. The smallest absolute Gasteiger partial charge is 0.273 e. The third kappa shape index (κ3) is 3.95. The van der Waals surface area contributed by atoms with E-state index >= 15 is 0 Å². The van der Waals surface area contributed by atoms with E-state index in [9.17, 15) is 9.18 Å². The van der Waals surface area contributed by atoms with Gasteiger partial charge in [-0.25, -0.2) is 9.37 Å². The van der Waals surface area contributed by atoms with Gasteiger partial charge in [0, 0.05) is 25.0 Å². The largest absolute Gasteiger partial charge is 0.328 e. The lowest BCUT2D eigenvalue weighted by Crippen LogP contribution is -2.48. The van der Waals surface area contributed by atoms with E-state index in [4.69, 9.17) is 0 Å². The molecule has 0 bridgehead atoms. The molecule has 1 amide bonds. The minimum Gasteiger partial charge on any atom is -0.328 e. The van der Waals surface area contributed by atoms with Crippen LogP contribution in [0.5, 0.6) is 0 Å². The number of rotatable bonds is 2. The van der Waals surface area contributed by atoms with E-state index in [0.717, 1.165) is 12.1 Å². The molecule has 0 aliphatic carbocycles. The summed E-state index contributed by atoms with van der Waals surface area (Å²) in [6, 6.07) is 6.26. The first-order chi connectivity index (χ1) is 9.75. The molecule has 1 saturated heterocycles. The number of carbonyl (C=O) groups is 1. The predicted octanol–water partition coefficient (Wildman–Crippen LogP) is 2.91. The van der Waals surface area contributed by atoms with E-state index in [0.29, 0.717) is 18.8 Å². The van der Waals surface area contributed by atoms with Crippen molar-refractivity contribution in [3.8, 4) is 0 Å². The van der Waals surface area contributed by atoms with Crippen molar-refractivity contribution in [2.45, 2.75) is 6.04 Å². The molecular weight excluding hydrogens is 348 g/mol. The number of aromatic nitrogens is 1. The number of hydrogen-bond acceptors (Lipinski definition) is 4. The molecule has 120 valence electrons. The van der Waals surface area contributed by atoms with Gasteiger partial charge in [-0.3, -0.25) is 4.79 Å². The van der Waals surface area contributed by atoms with Gasteiger partial charge in [0.15, 0.2) is 0 Å². The summed E-state index contributed by atoms with van der Waals surface area (Å²) in [5.41, 5.74) is 2.91. The average Bonchev–Trinajstić information content (AvgIpc) is 3.01. The Morgan fingerprint density at radius 2 is 2.23 bits per heavy atom. The van der Waals surface area contributed by atoms with Crippen molar-refractivity contribution in [1.82, 2.24) is 15.2 Å². The number of piperazine rings is 1. The van der Waals surface area contributed by atoms with Crippen LogP contribution in [0, 0.1) is 5.82 Å². The second-order valence-corrected chi connectivity index (χ2v) is 5.37. The summed E-state index contributed by atoms with van der Waals surface area (Å²) in [5.74, 6) is -0.379. The van der Waals surface area contributed by atoms with Gasteiger partial charge in [-0.05, 0) is 17.7 Å². The van der Waals surface area contributed by atoms with E-state index in [1.54, 1.807) is 21.9 Å². The van der Waals surface area contributed by atoms with Crippen molar-refractivity contribution in [2.24, 2.45) is 0 Å². The van der Waals surface area contributed by atoms with Crippen LogP contribution in [0.15, 0.2) is 35.2 Å². The van der Waals surface area contributed by atoms with Gasteiger partial charge in [0.05, 0.1) is 11.6 Å². The maximum Gasteiger partial charge on any atom is 0.273 e. The van der Waals surface area contributed by atoms with E-state index in [1.807, 2.05) is 6.07 Å². The van der Waals surface area contributed by atoms with E-state index in [1.165, 1.54) is 23.5 Å². The lowest BCUT2D eigenvalue weighted by molar-refractivity contribution is 0.0628. The van der Waals surface area contributed by atoms with E-state index in [2.05, 4.69) is 10.3 Å². The molecule has 0 spiro atoms. The Morgan fingerprint density at radius 1 is 1.41 bits per heavy atom. The lowest BCUT2D eigenvalue weighted by atomic mass is 10.0. The molecule has 1 aromatic heterocycles. The highest BCUT2D eigenvalue weighted by molar-refractivity contribution is 7.07. The monoisotopic (exact) mass is 363 g/mol. The number of amides is 1. The van der Waals surface area contributed by atoms with E-state index in [-0.39, 0.29) is 42.6 Å². The van der Waals surface area contributed by atoms with Gasteiger partial charge < -0.3 is 10.2 Å². The van der Waals surface area contributed by atoms with Crippen molar-refractivity contribution >= 4 is 42.1 Å². The Morgan fingerprint density at radius 3 is 2.91 bits per heavy atom. The highest BCUT2D eigenvalue weighted by atomic mass is 35.5. The van der Waals surface area contributed by atoms with Gasteiger partial charge in [-0.2, -0.15) is 0 Å². The number of benzene rings is 1. The molecule has 1 aromatic carbocycles. The minimum absolute atomic E-state index is 0. The Bertz CT molecular complexity index is 612. The minimum atomic E-state index is -0.283. The fraction of sp³-hybridized carbons (Fsp3) is 0.286. The van der Waals surface area contributed by atoms with Crippen LogP contribution in [0.4, 0.5) is 4.39 Å². The first kappa shape index (κ1) is 18.8. The number of carbonyl (C=O) groups excluding carboxylic acids is 1. The van der Waals surface area contributed by atoms with Crippen molar-refractivity contribution < 1.29 is 9.18 Å². The summed E-state index contributed by atoms with van der Waals surface area (Å²) >= 11 is 1.40. The van der Waals surface area contributed by atoms with Gasteiger partial charge in [0.25, 0.3) is 5.91 Å². The van der Waals surface area contributed by atoms with Crippen molar-refractivity contribution in [3.63, 3.8) is 0 Å². The molecule has 1 unspecified atom stereocenters. The standard InChI is InChI=1S/C14H14FN3OS.2ClH/c15-11-3-1-2-10(6-11)13-7-16-4-5-18(13)14(19)12-8-20-9-17-12;;/h1-3,6,8-9,13,16H,4-5,7H2;2*1H. The van der Waals surface area contributed by atoms with Crippen LogP contribution in [0.25, 0.3) is 0 Å². The molecule has 8 heteroatoms. The Kier molecular flexibility index (Phi) is 7.22. The highest BCUT2D eigenvalue weighted by Gasteiger charge is 2.29. The molecule has 3 rings (SSSR count). The maximum absolute atomic E-state index is 13.4. The number of nitrogens with zero attached hydrogens (tertiary/aromatic N) is 2. The van der Waals surface area contributed by atoms with Crippen LogP contribution in [0.1, 0.15) is 22.1 Å². The summed E-state index contributed by atoms with van der Waals surface area (Å²) in [4.78, 5) is 18.3. The molecule has 1 aliphatic heterocycles. The molecule has 0 saturated carbocycles. The molecule has 0 radical (unpaired) electrons. The summed E-state index contributed by atoms with van der Waals surface area (Å²) in [6.07, 6.45) is 0. The second-order valence-electron chi connectivity index (χ2n) is 4.65. The fourth-order valence-corrected chi connectivity index (χ4v) is 2.95. The van der Waals surface area contributed by atoms with Gasteiger partial charge >= 0.3 is 0 Å². The van der Waals surface area contributed by atoms with E-state index < -0.39 is 0 Å². The molecule has 1 fully saturated rings. The average molecular weight is 364 g/mol. The first-order valence-corrected chi connectivity index (χ1v) is 7.35. The number of nitrogens with one attached hydrogen (secondary N) is 1. The number of thiazole rings is 1. The van der Waals surface area contributed by atoms with Gasteiger partial charge in [0.1, 0.15) is 11.5 Å². The van der Waals surface area contributed by atoms with Crippen LogP contribution in [0.2, 0.25) is 0 Å². The van der Waals surface area contributed by atoms with Gasteiger partial charge in [0.2, 0.25) is 0 Å². The van der Waals surface area contributed by atoms with Gasteiger partial charge in [-0.1, -0.05) is 12.1 Å². The Balaban J connectivity index is 0.00000121. The molecule has 2 aromatic rings. The zero-order valence-electron chi connectivity index (χ0n) is 11.6. The van der Waals surface area contributed by atoms with Crippen molar-refractivity contribution in [1.29, 1.82) is 0 Å². The quantitative estimate of drug-likeness (QED) is 0.891. The normalized spacial score (nSPS) is 17.3. The molecule has 4 nitrogen and oxygen atoms in total. The molecule has 2 heterocycles. The first-order valence-electron chi connectivity index (χ1n) is 6.41. The SMILES string of the molecule is Cl.Cl.O=C(c1cscn1)N1CCNCC1c1cccc(F)c1. The molecule has 1 aliphatic rings. The van der Waals surface area contributed by atoms with Crippen LogP contribution < -0.4 is 5.32 Å². The molecule has 1 atom stereocenters. The topological polar surface area (TPSA) is 45.2 Å². The zero-order valence-corrected chi connectivity index (χ0v) is 14.0. The highest BCUT2D eigenvalue weighted by Crippen LogP contribution is 2.24. The second kappa shape index (κ2) is 8.43. The summed E-state index contributed by atoms with van der Waals surface area (Å²) in [6.45, 7) is 1.96. The third-order valence-electron chi connectivity index (χ3n) is 3.39. The summed E-state index contributed by atoms with van der Waals surface area (Å²) in [7, 11) is 0. The molecule has 22 heavy (non-hydrogen) atoms. The van der Waals surface area contributed by atoms with Crippen LogP contribution in [0.3, 0.4) is 0 Å². The zero-order chi connectivity index (χ0) is 13.9. The van der Waals surface area contributed by atoms with Gasteiger partial charge in [-0.15, -0.1) is 36.2 Å². The third-order valence-corrected chi connectivity index (χ3v) is 3.98. The van der Waals surface area contributed by atoms with Crippen LogP contribution in [-0.2, 0) is 0 Å². The predicted molar refractivity (Wildman–Crippen MR) is 89.7 cm³/mol. The van der Waals surface area contributed by atoms with Crippen molar-refractivity contribution in [3.05, 3.63) is 52.2 Å². The molecule has 1 N–H and O–H groups in total. The maximum atomic E-state index is 13.4. The molecular formula is C14H16Cl2FN3OS. The Hall–Kier alpha value is -1.21. The number of halogens is 3. The van der Waals surface area contributed by atoms with Crippen LogP contribution >= 0.6 is 36.2 Å². The lowest BCUT2D eigenvalue weighted by Gasteiger charge is -2.36. The summed E-state index contributed by atoms with van der Waals surface area (Å²) in [5, 5.41) is 4.99. The number of hydrogen-bond donors (Lipinski definition) is 1. The Labute approximate surface area is 144 Å². The van der Waals surface area contributed by atoms with Crippen molar-refractivity contribution in [2.75, 3.05) is 19.6 Å². The van der Waals surface area contributed by atoms with Crippen LogP contribution in [-0.4, -0.2) is 35.4 Å². The summed E-state index contributed by atoms with van der Waals surface area (Å²) < 4.78 is 13.4.